The summed E-state index contributed by atoms with van der Waals surface area (Å²) >= 11 is 1.51. The van der Waals surface area contributed by atoms with Gasteiger partial charge in [0.1, 0.15) is 5.82 Å². The molecule has 4 nitrogen and oxygen atoms in total. The van der Waals surface area contributed by atoms with Crippen molar-refractivity contribution in [3.63, 3.8) is 0 Å². The van der Waals surface area contributed by atoms with Crippen LogP contribution in [0.3, 0.4) is 0 Å². The van der Waals surface area contributed by atoms with Gasteiger partial charge in [-0.05, 0) is 75.5 Å². The first-order valence-corrected chi connectivity index (χ1v) is 9.27. The molecular formula is C20H23ClFN3OS. The number of fused-ring (bicyclic) bond motifs is 1. The van der Waals surface area contributed by atoms with Crippen LogP contribution in [0.25, 0.3) is 10.2 Å². The minimum atomic E-state index is -0.354. The maximum atomic E-state index is 13.2. The lowest BCUT2D eigenvalue weighted by molar-refractivity contribution is 0.0985. The van der Waals surface area contributed by atoms with Gasteiger partial charge in [-0.2, -0.15) is 0 Å². The lowest BCUT2D eigenvalue weighted by atomic mass is 10.1. The quantitative estimate of drug-likeness (QED) is 0.616. The summed E-state index contributed by atoms with van der Waals surface area (Å²) in [5.74, 6) is -0.522. The Labute approximate surface area is 169 Å². The molecule has 3 rings (SSSR count). The average Bonchev–Trinajstić information content (AvgIpc) is 2.98. The van der Waals surface area contributed by atoms with Gasteiger partial charge in [0.2, 0.25) is 0 Å². The van der Waals surface area contributed by atoms with Crippen molar-refractivity contribution in [2.45, 2.75) is 13.8 Å². The normalized spacial score (nSPS) is 10.9. The van der Waals surface area contributed by atoms with Gasteiger partial charge in [0.15, 0.2) is 5.13 Å². The van der Waals surface area contributed by atoms with Crippen LogP contribution >= 0.6 is 23.7 Å². The zero-order valence-electron chi connectivity index (χ0n) is 15.8. The Bertz CT molecular complexity index is 901. The standard InChI is InChI=1S/C20H22FN3OS.ClH/c1-13-11-17-18(12-14(13)2)26-20(22-17)24(10-9-23(3)4)19(25)15-5-7-16(21)8-6-15;/h5-8,11-12H,9-10H2,1-4H3;1H. The molecule has 0 fully saturated rings. The number of aromatic nitrogens is 1. The van der Waals surface area contributed by atoms with Gasteiger partial charge in [-0.3, -0.25) is 9.69 Å². The van der Waals surface area contributed by atoms with E-state index in [0.29, 0.717) is 23.8 Å². The number of nitrogens with zero attached hydrogens (tertiary/aromatic N) is 3. The number of halogens is 2. The molecule has 7 heteroatoms. The van der Waals surface area contributed by atoms with E-state index in [-0.39, 0.29) is 24.1 Å². The molecule has 144 valence electrons. The van der Waals surface area contributed by atoms with Crippen molar-refractivity contribution in [2.75, 3.05) is 32.1 Å². The Morgan fingerprint density at radius 2 is 1.70 bits per heavy atom. The van der Waals surface area contributed by atoms with E-state index in [1.54, 1.807) is 4.90 Å². The Hall–Kier alpha value is -2.02. The Kier molecular flexibility index (Phi) is 6.92. The molecule has 1 heterocycles. The van der Waals surface area contributed by atoms with E-state index in [1.165, 1.54) is 46.7 Å². The van der Waals surface area contributed by atoms with Crippen LogP contribution in [0.2, 0.25) is 0 Å². The lowest BCUT2D eigenvalue weighted by Crippen LogP contribution is -2.36. The van der Waals surface area contributed by atoms with E-state index in [2.05, 4.69) is 31.0 Å². The maximum Gasteiger partial charge on any atom is 0.260 e. The van der Waals surface area contributed by atoms with Gasteiger partial charge in [-0.15, -0.1) is 12.4 Å². The lowest BCUT2D eigenvalue weighted by Gasteiger charge is -2.22. The molecule has 0 radical (unpaired) electrons. The van der Waals surface area contributed by atoms with E-state index >= 15 is 0 Å². The van der Waals surface area contributed by atoms with Gasteiger partial charge in [0, 0.05) is 18.7 Å². The number of anilines is 1. The molecule has 3 aromatic rings. The molecule has 0 N–H and O–H groups in total. The first kappa shape index (κ1) is 21.3. The number of benzene rings is 2. The van der Waals surface area contributed by atoms with Gasteiger partial charge < -0.3 is 4.90 Å². The third kappa shape index (κ3) is 4.83. The van der Waals surface area contributed by atoms with Gasteiger partial charge >= 0.3 is 0 Å². The minimum Gasteiger partial charge on any atom is -0.308 e. The van der Waals surface area contributed by atoms with Crippen LogP contribution in [0.5, 0.6) is 0 Å². The second-order valence-electron chi connectivity index (χ2n) is 6.67. The van der Waals surface area contributed by atoms with Crippen LogP contribution in [0.1, 0.15) is 21.5 Å². The zero-order valence-corrected chi connectivity index (χ0v) is 17.5. The van der Waals surface area contributed by atoms with Crippen LogP contribution < -0.4 is 4.90 Å². The summed E-state index contributed by atoms with van der Waals surface area (Å²) < 4.78 is 14.3. The molecule has 2 aromatic carbocycles. The summed E-state index contributed by atoms with van der Waals surface area (Å²) in [6.07, 6.45) is 0. The number of hydrogen-bond acceptors (Lipinski definition) is 4. The van der Waals surface area contributed by atoms with E-state index in [0.717, 1.165) is 10.2 Å². The Morgan fingerprint density at radius 1 is 1.07 bits per heavy atom. The number of carbonyl (C=O) groups is 1. The SMILES string of the molecule is Cc1cc2nc(N(CCN(C)C)C(=O)c3ccc(F)cc3)sc2cc1C.Cl. The van der Waals surface area contributed by atoms with Crippen LogP contribution in [-0.4, -0.2) is 43.0 Å². The summed E-state index contributed by atoms with van der Waals surface area (Å²) in [7, 11) is 3.93. The molecule has 0 atom stereocenters. The third-order valence-electron chi connectivity index (χ3n) is 4.33. The van der Waals surface area contributed by atoms with Gasteiger partial charge in [0.25, 0.3) is 5.91 Å². The second-order valence-corrected chi connectivity index (χ2v) is 7.68. The second kappa shape index (κ2) is 8.78. The Morgan fingerprint density at radius 3 is 2.33 bits per heavy atom. The highest BCUT2D eigenvalue weighted by Crippen LogP contribution is 2.31. The minimum absolute atomic E-state index is 0. The monoisotopic (exact) mass is 407 g/mol. The van der Waals surface area contributed by atoms with E-state index in [9.17, 15) is 9.18 Å². The Balaban J connectivity index is 0.00000261. The smallest absolute Gasteiger partial charge is 0.260 e. The molecule has 0 saturated heterocycles. The number of aryl methyl sites for hydroxylation is 2. The molecule has 0 unspecified atom stereocenters. The van der Waals surface area contributed by atoms with Crippen LogP contribution in [-0.2, 0) is 0 Å². The number of amides is 1. The number of likely N-dealkylation sites (N-methyl/N-ethyl adjacent to an activating group) is 1. The highest BCUT2D eigenvalue weighted by atomic mass is 35.5. The van der Waals surface area contributed by atoms with E-state index < -0.39 is 0 Å². The summed E-state index contributed by atoms with van der Waals surface area (Å²) in [5, 5.41) is 0.668. The summed E-state index contributed by atoms with van der Waals surface area (Å²) in [4.78, 5) is 21.4. The molecule has 0 aliphatic carbocycles. The van der Waals surface area contributed by atoms with Crippen LogP contribution in [0, 0.1) is 19.7 Å². The molecule has 0 aliphatic rings. The van der Waals surface area contributed by atoms with Crippen molar-refractivity contribution < 1.29 is 9.18 Å². The fourth-order valence-electron chi connectivity index (χ4n) is 2.62. The van der Waals surface area contributed by atoms with Crippen molar-refractivity contribution >= 4 is 45.0 Å². The first-order valence-electron chi connectivity index (χ1n) is 8.45. The molecule has 0 aliphatic heterocycles. The number of thiazole rings is 1. The molecule has 0 spiro atoms. The highest BCUT2D eigenvalue weighted by Gasteiger charge is 2.21. The van der Waals surface area contributed by atoms with Crippen LogP contribution in [0.4, 0.5) is 9.52 Å². The number of carbonyl (C=O) groups excluding carboxylic acids is 1. The molecular weight excluding hydrogens is 385 g/mol. The first-order chi connectivity index (χ1) is 12.3. The predicted molar refractivity (Wildman–Crippen MR) is 113 cm³/mol. The average molecular weight is 408 g/mol. The maximum absolute atomic E-state index is 13.2. The largest absolute Gasteiger partial charge is 0.308 e. The fourth-order valence-corrected chi connectivity index (χ4v) is 3.69. The number of rotatable bonds is 5. The van der Waals surface area contributed by atoms with Crippen molar-refractivity contribution in [2.24, 2.45) is 0 Å². The van der Waals surface area contributed by atoms with Crippen molar-refractivity contribution in [1.82, 2.24) is 9.88 Å². The van der Waals surface area contributed by atoms with E-state index in [1.807, 2.05) is 19.0 Å². The highest BCUT2D eigenvalue weighted by molar-refractivity contribution is 7.22. The topological polar surface area (TPSA) is 36.4 Å². The molecule has 27 heavy (non-hydrogen) atoms. The van der Waals surface area contributed by atoms with Gasteiger partial charge in [0.05, 0.1) is 10.2 Å². The molecule has 0 saturated carbocycles. The predicted octanol–water partition coefficient (Wildman–Crippen LogP) is 4.68. The van der Waals surface area contributed by atoms with Gasteiger partial charge in [-0.1, -0.05) is 11.3 Å². The molecule has 1 amide bonds. The molecule has 1 aromatic heterocycles. The fraction of sp³-hybridized carbons (Fsp3) is 0.300. The summed E-state index contributed by atoms with van der Waals surface area (Å²) in [5.41, 5.74) is 3.74. The van der Waals surface area contributed by atoms with Crippen molar-refractivity contribution in [1.29, 1.82) is 0 Å². The molecule has 0 bridgehead atoms. The van der Waals surface area contributed by atoms with Crippen LogP contribution in [0.15, 0.2) is 36.4 Å². The summed E-state index contributed by atoms with van der Waals surface area (Å²) in [6.45, 7) is 5.35. The number of hydrogen-bond donors (Lipinski definition) is 0. The van der Waals surface area contributed by atoms with E-state index in [4.69, 9.17) is 0 Å². The zero-order chi connectivity index (χ0) is 18.8. The summed E-state index contributed by atoms with van der Waals surface area (Å²) in [6, 6.07) is 9.81. The van der Waals surface area contributed by atoms with Crippen molar-refractivity contribution in [3.8, 4) is 0 Å². The van der Waals surface area contributed by atoms with Crippen molar-refractivity contribution in [3.05, 3.63) is 58.9 Å². The third-order valence-corrected chi connectivity index (χ3v) is 5.37. The van der Waals surface area contributed by atoms with Gasteiger partial charge in [-0.25, -0.2) is 9.37 Å².